The zero-order valence-electron chi connectivity index (χ0n) is 23.1. The first-order valence-corrected chi connectivity index (χ1v) is 12.5. The molecule has 10 heteroatoms. The third-order valence-electron chi connectivity index (χ3n) is 6.07. The van der Waals surface area contributed by atoms with Gasteiger partial charge in [0, 0.05) is 30.0 Å². The van der Waals surface area contributed by atoms with Gasteiger partial charge in [-0.2, -0.15) is 10.5 Å². The van der Waals surface area contributed by atoms with Gasteiger partial charge in [0.05, 0.1) is 47.8 Å². The summed E-state index contributed by atoms with van der Waals surface area (Å²) in [6, 6.07) is 15.0. The Morgan fingerprint density at radius 3 is 2.52 bits per heavy atom. The minimum absolute atomic E-state index is 0.0880. The first-order chi connectivity index (χ1) is 19.6. The van der Waals surface area contributed by atoms with E-state index >= 15 is 0 Å². The molecule has 2 aromatic carbocycles. The summed E-state index contributed by atoms with van der Waals surface area (Å²) in [6.45, 7) is 6.77. The highest BCUT2D eigenvalue weighted by molar-refractivity contribution is 5.99. The Balaban J connectivity index is 1.66. The van der Waals surface area contributed by atoms with E-state index in [2.05, 4.69) is 63.8 Å². The highest BCUT2D eigenvalue weighted by Gasteiger charge is 2.21. The number of fused-ring (bicyclic) bond motifs is 1. The van der Waals surface area contributed by atoms with Crippen LogP contribution in [0.4, 0.5) is 15.8 Å². The second-order valence-corrected chi connectivity index (χ2v) is 10.4. The van der Waals surface area contributed by atoms with Crippen LogP contribution in [0.15, 0.2) is 73.3 Å². The van der Waals surface area contributed by atoms with Gasteiger partial charge in [-0.3, -0.25) is 9.97 Å². The predicted molar refractivity (Wildman–Crippen MR) is 150 cm³/mol. The summed E-state index contributed by atoms with van der Waals surface area (Å²) in [5.41, 5.74) is 3.14. The summed E-state index contributed by atoms with van der Waals surface area (Å²) in [4.78, 5) is 8.51. The number of nitrogens with zero attached hydrogens (tertiary/aromatic N) is 7. The molecule has 9 nitrogen and oxygen atoms in total. The summed E-state index contributed by atoms with van der Waals surface area (Å²) in [5, 5.41) is 35.4. The molecule has 3 aromatic heterocycles. The number of hydrogen-bond acceptors (Lipinski definition) is 8. The summed E-state index contributed by atoms with van der Waals surface area (Å²) in [7, 11) is 0. The predicted octanol–water partition coefficient (Wildman–Crippen LogP) is 5.75. The van der Waals surface area contributed by atoms with Crippen molar-refractivity contribution in [3.05, 3.63) is 102 Å². The maximum atomic E-state index is 13.9. The Hall–Kier alpha value is -5.35. The molecule has 0 fully saturated rings. The number of hydrogen-bond donors (Lipinski definition) is 2. The quantitative estimate of drug-likeness (QED) is 0.271. The molecule has 0 spiro atoms. The van der Waals surface area contributed by atoms with Crippen molar-refractivity contribution in [2.75, 3.05) is 17.2 Å². The van der Waals surface area contributed by atoms with Crippen molar-refractivity contribution in [3.63, 3.8) is 0 Å². The normalized spacial score (nSPS) is 13.1. The fourth-order valence-electron chi connectivity index (χ4n) is 4.13. The summed E-state index contributed by atoms with van der Waals surface area (Å²) in [5.74, 6) is -0.447. The summed E-state index contributed by atoms with van der Waals surface area (Å²) < 4.78 is 25.0. The van der Waals surface area contributed by atoms with Crippen molar-refractivity contribution in [3.8, 4) is 17.8 Å². The fraction of sp³-hybridized carbons (Fsp3) is 0.200. The fourth-order valence-corrected chi connectivity index (χ4v) is 4.13. The summed E-state index contributed by atoms with van der Waals surface area (Å²) in [6.07, 6.45) is 6.30. The number of pyridine rings is 2. The van der Waals surface area contributed by atoms with Crippen LogP contribution in [-0.4, -0.2) is 31.5 Å². The lowest BCUT2D eigenvalue weighted by Crippen LogP contribution is -2.20. The van der Waals surface area contributed by atoms with Crippen molar-refractivity contribution in [1.29, 1.82) is 10.5 Å². The Kier molecular flexibility index (Phi) is 6.73. The van der Waals surface area contributed by atoms with Crippen LogP contribution >= 0.6 is 0 Å². The van der Waals surface area contributed by atoms with E-state index in [1.807, 2.05) is 0 Å². The molecule has 1 atom stereocenters. The Morgan fingerprint density at radius 1 is 1.07 bits per heavy atom. The third kappa shape index (κ3) is 5.57. The van der Waals surface area contributed by atoms with E-state index in [1.54, 1.807) is 42.9 Å². The van der Waals surface area contributed by atoms with Crippen molar-refractivity contribution in [2.45, 2.75) is 26.8 Å². The number of rotatable bonds is 7. The average molecular weight is 533 g/mol. The number of nitrogens with one attached hydrogen (secondary N) is 2. The second-order valence-electron chi connectivity index (χ2n) is 10.4. The zero-order chi connectivity index (χ0) is 29.2. The van der Waals surface area contributed by atoms with Crippen LogP contribution in [0.3, 0.4) is 0 Å². The number of nitriles is 2. The van der Waals surface area contributed by atoms with E-state index in [0.29, 0.717) is 45.6 Å². The highest BCUT2D eigenvalue weighted by atomic mass is 19.1. The van der Waals surface area contributed by atoms with E-state index in [0.717, 1.165) is 0 Å². The van der Waals surface area contributed by atoms with Crippen LogP contribution in [0.2, 0.25) is 0 Å². The highest BCUT2D eigenvalue weighted by Crippen LogP contribution is 2.34. The smallest absolute Gasteiger partial charge is 0.123 e. The molecule has 0 saturated heterocycles. The van der Waals surface area contributed by atoms with Crippen LogP contribution in [0, 0.1) is 33.9 Å². The van der Waals surface area contributed by atoms with E-state index in [9.17, 15) is 16.3 Å². The lowest BCUT2D eigenvalue weighted by molar-refractivity contribution is 0.443. The molecule has 0 unspecified atom stereocenters. The molecule has 3 heterocycles. The van der Waals surface area contributed by atoms with Crippen LogP contribution in [0.25, 0.3) is 16.6 Å². The first kappa shape index (κ1) is 25.0. The minimum atomic E-state index is -1.74. The molecule has 0 bridgehead atoms. The van der Waals surface area contributed by atoms with Gasteiger partial charge in [-0.05, 0) is 47.4 Å². The summed E-state index contributed by atoms with van der Waals surface area (Å²) >= 11 is 0. The third-order valence-corrected chi connectivity index (χ3v) is 6.07. The van der Waals surface area contributed by atoms with E-state index < -0.39 is 11.8 Å². The van der Waals surface area contributed by atoms with Crippen molar-refractivity contribution < 1.29 is 5.76 Å². The molecule has 40 heavy (non-hydrogen) atoms. The van der Waals surface area contributed by atoms with Gasteiger partial charge in [-0.25, -0.2) is 9.07 Å². The van der Waals surface area contributed by atoms with E-state index in [1.165, 1.54) is 35.1 Å². The van der Waals surface area contributed by atoms with Crippen LogP contribution in [0.1, 0.15) is 50.5 Å². The van der Waals surface area contributed by atoms with Gasteiger partial charge >= 0.3 is 0 Å². The van der Waals surface area contributed by atoms with Gasteiger partial charge in [0.15, 0.2) is 0 Å². The minimum Gasteiger partial charge on any atom is -0.383 e. The topological polar surface area (TPSA) is 128 Å². The Labute approximate surface area is 232 Å². The van der Waals surface area contributed by atoms with Gasteiger partial charge in [0.2, 0.25) is 0 Å². The molecule has 0 aliphatic carbocycles. The number of anilines is 2. The van der Waals surface area contributed by atoms with E-state index in [4.69, 9.17) is 0 Å². The maximum absolute atomic E-state index is 13.9. The molecule has 0 saturated carbocycles. The van der Waals surface area contributed by atoms with Crippen molar-refractivity contribution in [2.24, 2.45) is 5.41 Å². The number of aromatic nitrogens is 5. The molecule has 0 radical (unpaired) electrons. The lowest BCUT2D eigenvalue weighted by atomic mass is 9.96. The van der Waals surface area contributed by atoms with Crippen molar-refractivity contribution >= 4 is 22.3 Å². The van der Waals surface area contributed by atoms with Crippen LogP contribution in [-0.2, 0) is 0 Å². The number of halogens is 1. The molecule has 5 aromatic rings. The Morgan fingerprint density at radius 2 is 1.85 bits per heavy atom. The SMILES string of the molecule is [2H][C@@](Nc1cc(C#N)c2ncc(C#N)c(NCC(C)(C)C)c2c1)(c1ccc(F)cc1)c1cn(-c2cccnc2)nn1. The molecule has 0 aliphatic heterocycles. The number of benzene rings is 2. The van der Waals surface area contributed by atoms with Gasteiger partial charge < -0.3 is 10.6 Å². The second kappa shape index (κ2) is 10.8. The van der Waals surface area contributed by atoms with Gasteiger partial charge in [0.25, 0.3) is 0 Å². The largest absolute Gasteiger partial charge is 0.383 e. The monoisotopic (exact) mass is 532 g/mol. The van der Waals surface area contributed by atoms with E-state index in [-0.39, 0.29) is 16.7 Å². The van der Waals surface area contributed by atoms with Gasteiger partial charge in [0.1, 0.15) is 23.6 Å². The zero-order valence-corrected chi connectivity index (χ0v) is 22.1. The molecular formula is C30H26FN9. The molecule has 0 amide bonds. The molecule has 2 N–H and O–H groups in total. The molecule has 198 valence electrons. The first-order valence-electron chi connectivity index (χ1n) is 13.0. The maximum Gasteiger partial charge on any atom is 0.123 e. The standard InChI is InChI=1S/C30H26FN9/c1-30(2,3)18-36-28-21(14-33)15-35-27-20(13-32)11-23(12-25(27)28)37-29(19-6-8-22(31)9-7-19)26-17-40(39-38-26)24-5-4-10-34-16-24/h4-12,15-17,29,37H,18H2,1-3H3,(H,35,36)/t29-/m1/s1/i29D. The Bertz CT molecular complexity index is 1800. The van der Waals surface area contributed by atoms with Crippen LogP contribution < -0.4 is 10.6 Å². The van der Waals surface area contributed by atoms with Gasteiger partial charge in [-0.15, -0.1) is 5.10 Å². The van der Waals surface area contributed by atoms with Crippen LogP contribution in [0.5, 0.6) is 0 Å². The molecule has 0 aliphatic rings. The lowest BCUT2D eigenvalue weighted by Gasteiger charge is -2.22. The van der Waals surface area contributed by atoms with Crippen molar-refractivity contribution in [1.82, 2.24) is 25.0 Å². The molecule has 5 rings (SSSR count). The average Bonchev–Trinajstić information content (AvgIpc) is 3.47. The van der Waals surface area contributed by atoms with Gasteiger partial charge in [-0.1, -0.05) is 38.1 Å². The molecular weight excluding hydrogens is 505 g/mol.